The van der Waals surface area contributed by atoms with Gasteiger partial charge in [-0.3, -0.25) is 9.63 Å². The first-order chi connectivity index (χ1) is 9.31. The zero-order chi connectivity index (χ0) is 15.7. The van der Waals surface area contributed by atoms with E-state index in [-0.39, 0.29) is 5.91 Å². The lowest BCUT2D eigenvalue weighted by Crippen LogP contribution is -2.26. The fraction of sp³-hybridized carbons (Fsp3) is 0.824. The molecule has 0 N–H and O–H groups in total. The van der Waals surface area contributed by atoms with Crippen molar-refractivity contribution >= 4 is 5.91 Å². The van der Waals surface area contributed by atoms with Gasteiger partial charge in [-0.2, -0.15) is 0 Å². The van der Waals surface area contributed by atoms with Crippen molar-refractivity contribution < 1.29 is 9.63 Å². The van der Waals surface area contributed by atoms with Crippen molar-refractivity contribution in [2.45, 2.75) is 60.3 Å². The molecule has 0 fully saturated rings. The van der Waals surface area contributed by atoms with Gasteiger partial charge in [0, 0.05) is 12.6 Å². The summed E-state index contributed by atoms with van der Waals surface area (Å²) in [4.78, 5) is 16.8. The van der Waals surface area contributed by atoms with Gasteiger partial charge in [-0.1, -0.05) is 46.6 Å². The Morgan fingerprint density at radius 1 is 1.20 bits per heavy atom. The van der Waals surface area contributed by atoms with E-state index in [1.807, 2.05) is 6.92 Å². The number of hydrogen-bond donors (Lipinski definition) is 0. The predicted octanol–water partition coefficient (Wildman–Crippen LogP) is 4.44. The van der Waals surface area contributed by atoms with E-state index in [4.69, 9.17) is 4.84 Å². The van der Waals surface area contributed by atoms with Gasteiger partial charge in [0.05, 0.1) is 7.11 Å². The summed E-state index contributed by atoms with van der Waals surface area (Å²) in [6, 6.07) is 0. The highest BCUT2D eigenvalue weighted by Crippen LogP contribution is 2.23. The SMILES string of the molecule is CCC[C@@H](C)C[C@@H](C)C[C@@H](C)/C=C(\C)C(=O)N(C)OC. The molecular formula is C17H33NO2. The van der Waals surface area contributed by atoms with E-state index >= 15 is 0 Å². The largest absolute Gasteiger partial charge is 0.274 e. The van der Waals surface area contributed by atoms with E-state index < -0.39 is 0 Å². The van der Waals surface area contributed by atoms with Crippen molar-refractivity contribution in [2.75, 3.05) is 14.2 Å². The molecule has 3 nitrogen and oxygen atoms in total. The molecule has 0 aromatic rings. The third kappa shape index (κ3) is 7.68. The van der Waals surface area contributed by atoms with E-state index in [0.717, 1.165) is 17.9 Å². The molecule has 0 rings (SSSR count). The third-order valence-corrected chi connectivity index (χ3v) is 3.79. The maximum atomic E-state index is 11.9. The monoisotopic (exact) mass is 283 g/mol. The van der Waals surface area contributed by atoms with Crippen LogP contribution in [-0.2, 0) is 9.63 Å². The second-order valence-electron chi connectivity index (χ2n) is 6.28. The molecule has 0 radical (unpaired) electrons. The summed E-state index contributed by atoms with van der Waals surface area (Å²) in [7, 11) is 3.14. The van der Waals surface area contributed by atoms with Crippen LogP contribution >= 0.6 is 0 Å². The average Bonchev–Trinajstić information content (AvgIpc) is 2.36. The van der Waals surface area contributed by atoms with E-state index in [9.17, 15) is 4.79 Å². The van der Waals surface area contributed by atoms with E-state index in [2.05, 4.69) is 33.8 Å². The second-order valence-corrected chi connectivity index (χ2v) is 6.28. The van der Waals surface area contributed by atoms with Crippen molar-refractivity contribution in [3.05, 3.63) is 11.6 Å². The number of rotatable bonds is 9. The number of hydroxylamine groups is 2. The maximum Gasteiger partial charge on any atom is 0.272 e. The average molecular weight is 283 g/mol. The first-order valence-electron chi connectivity index (χ1n) is 7.82. The standard InChI is InChI=1S/C17H33NO2/c1-8-9-13(2)10-14(3)11-15(4)12-16(5)17(19)18(6)20-7/h12-15H,8-11H2,1-7H3/b16-12+/t13-,14-,15-/m1/s1. The van der Waals surface area contributed by atoms with E-state index in [0.29, 0.717) is 11.8 Å². The Hall–Kier alpha value is -0.830. The van der Waals surface area contributed by atoms with Gasteiger partial charge in [-0.05, 0) is 37.5 Å². The van der Waals surface area contributed by atoms with Gasteiger partial charge < -0.3 is 0 Å². The van der Waals surface area contributed by atoms with Crippen LogP contribution in [0.5, 0.6) is 0 Å². The molecule has 0 spiro atoms. The Kier molecular flexibility index (Phi) is 9.56. The van der Waals surface area contributed by atoms with Crippen LogP contribution in [0.4, 0.5) is 0 Å². The van der Waals surface area contributed by atoms with Gasteiger partial charge in [0.2, 0.25) is 0 Å². The summed E-state index contributed by atoms with van der Waals surface area (Å²) in [6.45, 7) is 10.9. The molecule has 0 aliphatic heterocycles. The van der Waals surface area contributed by atoms with Crippen LogP contribution in [-0.4, -0.2) is 25.1 Å². The minimum atomic E-state index is -0.0636. The number of carbonyl (C=O) groups excluding carboxylic acids is 1. The molecular weight excluding hydrogens is 250 g/mol. The normalized spacial score (nSPS) is 16.6. The van der Waals surface area contributed by atoms with Crippen LogP contribution in [0.25, 0.3) is 0 Å². The lowest BCUT2D eigenvalue weighted by molar-refractivity contribution is -0.163. The Morgan fingerprint density at radius 3 is 2.30 bits per heavy atom. The van der Waals surface area contributed by atoms with Gasteiger partial charge in [0.15, 0.2) is 0 Å². The summed E-state index contributed by atoms with van der Waals surface area (Å²) in [5.41, 5.74) is 0.760. The number of nitrogens with zero attached hydrogens (tertiary/aromatic N) is 1. The molecule has 1 amide bonds. The van der Waals surface area contributed by atoms with Crippen LogP contribution in [0.3, 0.4) is 0 Å². The van der Waals surface area contributed by atoms with Crippen LogP contribution in [0, 0.1) is 17.8 Å². The topological polar surface area (TPSA) is 29.5 Å². The Labute approximate surface area is 125 Å². The van der Waals surface area contributed by atoms with Crippen LogP contribution < -0.4 is 0 Å². The molecule has 3 atom stereocenters. The van der Waals surface area contributed by atoms with Crippen molar-refractivity contribution in [2.24, 2.45) is 17.8 Å². The lowest BCUT2D eigenvalue weighted by atomic mass is 9.87. The van der Waals surface area contributed by atoms with Crippen molar-refractivity contribution in [3.8, 4) is 0 Å². The molecule has 0 unspecified atom stereocenters. The number of allylic oxidation sites excluding steroid dienone is 1. The summed E-state index contributed by atoms with van der Waals surface area (Å²) in [5.74, 6) is 1.86. The summed E-state index contributed by atoms with van der Waals surface area (Å²) in [6.07, 6.45) is 7.05. The molecule has 3 heteroatoms. The molecule has 20 heavy (non-hydrogen) atoms. The van der Waals surface area contributed by atoms with Gasteiger partial charge >= 0.3 is 0 Å². The number of carbonyl (C=O) groups is 1. The van der Waals surface area contributed by atoms with Crippen LogP contribution in [0.15, 0.2) is 11.6 Å². The summed E-state index contributed by atoms with van der Waals surface area (Å²) in [5, 5.41) is 1.27. The Morgan fingerprint density at radius 2 is 1.80 bits per heavy atom. The molecule has 0 saturated heterocycles. The van der Waals surface area contributed by atoms with Gasteiger partial charge in [-0.25, -0.2) is 5.06 Å². The van der Waals surface area contributed by atoms with E-state index in [1.165, 1.54) is 31.4 Å². The minimum absolute atomic E-state index is 0.0636. The first kappa shape index (κ1) is 19.2. The van der Waals surface area contributed by atoms with Crippen molar-refractivity contribution in [1.29, 1.82) is 0 Å². The van der Waals surface area contributed by atoms with Gasteiger partial charge in [-0.15, -0.1) is 0 Å². The molecule has 0 aliphatic rings. The third-order valence-electron chi connectivity index (χ3n) is 3.79. The fourth-order valence-electron chi connectivity index (χ4n) is 2.93. The zero-order valence-corrected chi connectivity index (χ0v) is 14.4. The smallest absolute Gasteiger partial charge is 0.272 e. The van der Waals surface area contributed by atoms with Gasteiger partial charge in [0.1, 0.15) is 0 Å². The molecule has 0 saturated carbocycles. The molecule has 0 bridgehead atoms. The van der Waals surface area contributed by atoms with Crippen molar-refractivity contribution in [3.63, 3.8) is 0 Å². The Balaban J connectivity index is 4.32. The van der Waals surface area contributed by atoms with Crippen LogP contribution in [0.1, 0.15) is 60.3 Å². The van der Waals surface area contributed by atoms with Gasteiger partial charge in [0.25, 0.3) is 5.91 Å². The molecule has 0 aromatic heterocycles. The highest BCUT2D eigenvalue weighted by atomic mass is 16.7. The number of amides is 1. The quantitative estimate of drug-likeness (QED) is 0.462. The fourth-order valence-corrected chi connectivity index (χ4v) is 2.93. The molecule has 0 aliphatic carbocycles. The van der Waals surface area contributed by atoms with Crippen LogP contribution in [0.2, 0.25) is 0 Å². The number of hydrogen-bond acceptors (Lipinski definition) is 2. The summed E-state index contributed by atoms with van der Waals surface area (Å²) < 4.78 is 0. The zero-order valence-electron chi connectivity index (χ0n) is 14.4. The second kappa shape index (κ2) is 9.98. The van der Waals surface area contributed by atoms with Crippen molar-refractivity contribution in [1.82, 2.24) is 5.06 Å². The Bertz CT molecular complexity index is 312. The highest BCUT2D eigenvalue weighted by molar-refractivity contribution is 5.91. The molecule has 118 valence electrons. The highest BCUT2D eigenvalue weighted by Gasteiger charge is 2.14. The maximum absolute atomic E-state index is 11.9. The predicted molar refractivity (Wildman–Crippen MR) is 85.2 cm³/mol. The first-order valence-corrected chi connectivity index (χ1v) is 7.82. The number of likely N-dealkylation sites (N-methyl/N-ethyl adjacent to an activating group) is 1. The minimum Gasteiger partial charge on any atom is -0.274 e. The molecule has 0 heterocycles. The lowest BCUT2D eigenvalue weighted by Gasteiger charge is -2.20. The molecule has 0 aromatic carbocycles. The van der Waals surface area contributed by atoms with E-state index in [1.54, 1.807) is 7.05 Å². The summed E-state index contributed by atoms with van der Waals surface area (Å²) >= 11 is 0.